The minimum atomic E-state index is -5.56. The Bertz CT molecular complexity index is 1280. The van der Waals surface area contributed by atoms with E-state index in [-0.39, 0.29) is 11.1 Å². The van der Waals surface area contributed by atoms with Gasteiger partial charge in [0.05, 0.1) is 17.7 Å². The van der Waals surface area contributed by atoms with E-state index in [9.17, 15) is 35.5 Å². The summed E-state index contributed by atoms with van der Waals surface area (Å²) in [6.45, 7) is -1.16. The van der Waals surface area contributed by atoms with Crippen LogP contribution in [0, 0.1) is 0 Å². The molecule has 5 unspecified atom stereocenters. The highest BCUT2D eigenvalue weighted by molar-refractivity contribution is 7.81. The summed E-state index contributed by atoms with van der Waals surface area (Å²) >= 11 is 0. The first kappa shape index (κ1) is 28.6. The molecule has 1 aliphatic rings. The molecule has 1 fully saturated rings. The Morgan fingerprint density at radius 2 is 1.27 bits per heavy atom. The molecule has 1 aliphatic heterocycles. The highest BCUT2D eigenvalue weighted by Crippen LogP contribution is 2.31. The van der Waals surface area contributed by atoms with Gasteiger partial charge in [0.15, 0.2) is 18.5 Å². The predicted molar refractivity (Wildman–Crippen MR) is 117 cm³/mol. The van der Waals surface area contributed by atoms with Crippen LogP contribution in [-0.2, 0) is 48.1 Å². The summed E-state index contributed by atoms with van der Waals surface area (Å²) in [5.41, 5.74) is 0.0251. The molecule has 0 aromatic heterocycles. The van der Waals surface area contributed by atoms with Gasteiger partial charge in [0.1, 0.15) is 12.2 Å². The van der Waals surface area contributed by atoms with E-state index in [4.69, 9.17) is 18.9 Å². The Hall–Kier alpha value is -2.96. The monoisotopic (exact) mass is 560 g/mol. The van der Waals surface area contributed by atoms with Gasteiger partial charge in [0.25, 0.3) is 0 Å². The van der Waals surface area contributed by atoms with Gasteiger partial charge in [0.2, 0.25) is 20.8 Å². The maximum Gasteiger partial charge on any atom is 0.338 e. The smallest absolute Gasteiger partial charge is 0.338 e. The minimum absolute atomic E-state index is 0.0187. The van der Waals surface area contributed by atoms with Gasteiger partial charge < -0.3 is 28.1 Å². The van der Waals surface area contributed by atoms with Gasteiger partial charge in [-0.25, -0.2) is 26.4 Å². The van der Waals surface area contributed by atoms with E-state index in [1.165, 1.54) is 48.5 Å². The van der Waals surface area contributed by atoms with E-state index in [1.807, 2.05) is 0 Å². The molecule has 0 spiro atoms. The van der Waals surface area contributed by atoms with Crippen LogP contribution in [0.1, 0.15) is 20.7 Å². The average Bonchev–Trinajstić information content (AvgIpc) is 2.84. The summed E-state index contributed by atoms with van der Waals surface area (Å²) in [6.07, 6.45) is -9.25. The Morgan fingerprint density at radius 3 is 1.70 bits per heavy atom. The molecule has 37 heavy (non-hydrogen) atoms. The second kappa shape index (κ2) is 12.1. The molecule has 0 bridgehead atoms. The molecule has 1 heterocycles. The second-order valence-electron chi connectivity index (χ2n) is 7.41. The topological polar surface area (TPSA) is 204 Å². The summed E-state index contributed by atoms with van der Waals surface area (Å²) in [4.78, 5) is 25.6. The number of hydrogen-bond acceptors (Lipinski definition) is 14. The molecule has 1 saturated heterocycles. The van der Waals surface area contributed by atoms with Crippen LogP contribution >= 0.6 is 0 Å². The Balaban J connectivity index is 2.03. The molecule has 0 aliphatic carbocycles. The lowest BCUT2D eigenvalue weighted by Gasteiger charge is -2.44. The van der Waals surface area contributed by atoms with Crippen LogP contribution in [0.15, 0.2) is 60.7 Å². The van der Waals surface area contributed by atoms with E-state index in [1.54, 1.807) is 12.1 Å². The van der Waals surface area contributed by atoms with Crippen molar-refractivity contribution >= 4 is 32.7 Å². The molecule has 0 amide bonds. The molecule has 202 valence electrons. The quantitative estimate of drug-likeness (QED) is 0.215. The first-order valence-electron chi connectivity index (χ1n) is 10.3. The zero-order valence-electron chi connectivity index (χ0n) is 18.9. The minimum Gasteiger partial charge on any atom is -0.726 e. The molecule has 16 heteroatoms. The molecular formula is C21H20O14S2-2. The Labute approximate surface area is 211 Å². The van der Waals surface area contributed by atoms with Crippen LogP contribution in [0.4, 0.5) is 0 Å². The normalized spacial score (nSPS) is 24.2. The third-order valence-electron chi connectivity index (χ3n) is 4.93. The van der Waals surface area contributed by atoms with E-state index in [2.05, 4.69) is 8.37 Å². The molecule has 0 radical (unpaired) electrons. The van der Waals surface area contributed by atoms with E-state index in [0.29, 0.717) is 0 Å². The van der Waals surface area contributed by atoms with Crippen LogP contribution in [-0.4, -0.2) is 82.3 Å². The fourth-order valence-corrected chi connectivity index (χ4v) is 4.20. The first-order chi connectivity index (χ1) is 17.4. The maximum atomic E-state index is 12.8. The number of carbonyl (C=O) groups excluding carboxylic acids is 2. The van der Waals surface area contributed by atoms with E-state index in [0.717, 1.165) is 7.11 Å². The number of ether oxygens (including phenoxy) is 4. The van der Waals surface area contributed by atoms with Crippen molar-refractivity contribution in [3.05, 3.63) is 71.8 Å². The third kappa shape index (κ3) is 8.27. The van der Waals surface area contributed by atoms with Gasteiger partial charge in [-0.2, -0.15) is 0 Å². The van der Waals surface area contributed by atoms with Crippen molar-refractivity contribution in [2.24, 2.45) is 0 Å². The molecule has 0 N–H and O–H groups in total. The lowest BCUT2D eigenvalue weighted by atomic mass is 9.98. The van der Waals surface area contributed by atoms with Crippen LogP contribution in [0.5, 0.6) is 0 Å². The lowest BCUT2D eigenvalue weighted by Crippen LogP contribution is -2.63. The highest BCUT2D eigenvalue weighted by atomic mass is 32.3. The van der Waals surface area contributed by atoms with Crippen molar-refractivity contribution in [2.75, 3.05) is 13.7 Å². The summed E-state index contributed by atoms with van der Waals surface area (Å²) in [5, 5.41) is 0. The number of hydrogen-bond donors (Lipinski definition) is 0. The van der Waals surface area contributed by atoms with Gasteiger partial charge in [0, 0.05) is 7.11 Å². The lowest BCUT2D eigenvalue weighted by molar-refractivity contribution is -0.287. The third-order valence-corrected chi connectivity index (χ3v) is 5.82. The first-order valence-corrected chi connectivity index (χ1v) is 13.0. The summed E-state index contributed by atoms with van der Waals surface area (Å²) in [6, 6.07) is 14.8. The van der Waals surface area contributed by atoms with Crippen molar-refractivity contribution in [2.45, 2.75) is 30.7 Å². The Morgan fingerprint density at radius 1 is 0.784 bits per heavy atom. The van der Waals surface area contributed by atoms with E-state index >= 15 is 0 Å². The molecule has 2 aromatic rings. The van der Waals surface area contributed by atoms with Crippen LogP contribution < -0.4 is 0 Å². The standard InChI is InChI=1S/C21H22O14S2/c1-30-21-18(34-20(23)14-10-6-3-7-11-14)17(33-19(22)13-8-4-2-5-9-13)16(35-37(27,28)29)15(32-21)12-31-36(24,25)26/h2-11,15-18,21H,12H2,1H3,(H,24,25,26)(H,27,28,29)/p-2. The number of methoxy groups -OCH3 is 1. The van der Waals surface area contributed by atoms with Gasteiger partial charge >= 0.3 is 11.9 Å². The van der Waals surface area contributed by atoms with Crippen molar-refractivity contribution in [3.8, 4) is 0 Å². The summed E-state index contributed by atoms with van der Waals surface area (Å²) in [5.74, 6) is -2.03. The second-order valence-corrected chi connectivity index (χ2v) is 9.47. The largest absolute Gasteiger partial charge is 0.726 e. The van der Waals surface area contributed by atoms with Crippen LogP contribution in [0.3, 0.4) is 0 Å². The molecule has 14 nitrogen and oxygen atoms in total. The average molecular weight is 561 g/mol. The summed E-state index contributed by atoms with van der Waals surface area (Å²) in [7, 11) is -9.79. The SMILES string of the molecule is COC1OC(COS(=O)(=O)[O-])C(OS(=O)(=O)[O-])C(OC(=O)c2ccccc2)C1OC(=O)c1ccccc1. The van der Waals surface area contributed by atoms with Gasteiger partial charge in [-0.1, -0.05) is 36.4 Å². The molecular weight excluding hydrogens is 540 g/mol. The fourth-order valence-electron chi connectivity index (χ4n) is 3.40. The van der Waals surface area contributed by atoms with Crippen molar-refractivity contribution in [3.63, 3.8) is 0 Å². The van der Waals surface area contributed by atoms with Crippen molar-refractivity contribution in [1.82, 2.24) is 0 Å². The van der Waals surface area contributed by atoms with Crippen molar-refractivity contribution < 1.29 is 62.8 Å². The highest BCUT2D eigenvalue weighted by Gasteiger charge is 2.52. The fraction of sp³-hybridized carbons (Fsp3) is 0.333. The zero-order chi connectivity index (χ0) is 27.2. The maximum absolute atomic E-state index is 12.8. The van der Waals surface area contributed by atoms with Crippen LogP contribution in [0.2, 0.25) is 0 Å². The van der Waals surface area contributed by atoms with E-state index < -0.39 is 70.0 Å². The Kier molecular flexibility index (Phi) is 9.32. The molecule has 3 rings (SSSR count). The number of carbonyl (C=O) groups is 2. The molecule has 5 atom stereocenters. The molecule has 0 saturated carbocycles. The van der Waals surface area contributed by atoms with Crippen molar-refractivity contribution in [1.29, 1.82) is 0 Å². The predicted octanol–water partition coefficient (Wildman–Crippen LogP) is 0.131. The van der Waals surface area contributed by atoms with Crippen LogP contribution in [0.25, 0.3) is 0 Å². The van der Waals surface area contributed by atoms with Gasteiger partial charge in [-0.3, -0.25) is 8.37 Å². The van der Waals surface area contributed by atoms with Gasteiger partial charge in [-0.05, 0) is 24.3 Å². The summed E-state index contributed by atoms with van der Waals surface area (Å²) < 4.78 is 97.5. The molecule has 2 aromatic carbocycles. The van der Waals surface area contributed by atoms with Gasteiger partial charge in [-0.15, -0.1) is 0 Å². The zero-order valence-corrected chi connectivity index (χ0v) is 20.5. The number of benzene rings is 2. The number of rotatable bonds is 10. The number of esters is 2.